The van der Waals surface area contributed by atoms with E-state index in [4.69, 9.17) is 21.1 Å². The van der Waals surface area contributed by atoms with Gasteiger partial charge in [0.15, 0.2) is 0 Å². The van der Waals surface area contributed by atoms with Crippen molar-refractivity contribution in [3.63, 3.8) is 0 Å². The molecule has 1 N–H and O–H groups in total. The first-order chi connectivity index (χ1) is 13.7. The van der Waals surface area contributed by atoms with E-state index in [2.05, 4.69) is 5.32 Å². The molecule has 1 amide bonds. The van der Waals surface area contributed by atoms with Crippen molar-refractivity contribution in [3.8, 4) is 11.5 Å². The third-order valence-corrected chi connectivity index (χ3v) is 5.67. The number of nitrogens with one attached hydrogen (secondary N) is 1. The maximum atomic E-state index is 12.3. The molecule has 0 saturated heterocycles. The Labute approximate surface area is 176 Å². The zero-order valence-corrected chi connectivity index (χ0v) is 18.2. The van der Waals surface area contributed by atoms with E-state index < -0.39 is 15.9 Å². The molecule has 2 aromatic carbocycles. The summed E-state index contributed by atoms with van der Waals surface area (Å²) in [4.78, 5) is 12.3. The van der Waals surface area contributed by atoms with E-state index in [1.165, 1.54) is 13.2 Å². The number of ether oxygens (including phenoxy) is 2. The van der Waals surface area contributed by atoms with E-state index in [0.29, 0.717) is 18.0 Å². The summed E-state index contributed by atoms with van der Waals surface area (Å²) in [6, 6.07) is 12.3. The molecule has 0 aliphatic carbocycles. The van der Waals surface area contributed by atoms with Crippen LogP contribution in [0.15, 0.2) is 42.5 Å². The molecule has 0 aliphatic heterocycles. The summed E-state index contributed by atoms with van der Waals surface area (Å²) in [6.45, 7) is 0.107. The monoisotopic (exact) mass is 440 g/mol. The molecule has 0 unspecified atom stereocenters. The predicted molar refractivity (Wildman–Crippen MR) is 115 cm³/mol. The van der Waals surface area contributed by atoms with Crippen LogP contribution in [-0.2, 0) is 21.2 Å². The van der Waals surface area contributed by atoms with Crippen LogP contribution >= 0.6 is 11.6 Å². The van der Waals surface area contributed by atoms with Gasteiger partial charge in [0.05, 0.1) is 31.2 Å². The Bertz CT molecular complexity index is 932. The third kappa shape index (κ3) is 6.83. The predicted octanol–water partition coefficient (Wildman–Crippen LogP) is 2.87. The number of benzene rings is 2. The minimum Gasteiger partial charge on any atom is -0.497 e. The number of sulfonamides is 1. The molecule has 2 aromatic rings. The van der Waals surface area contributed by atoms with E-state index in [1.54, 1.807) is 19.2 Å². The Morgan fingerprint density at radius 1 is 1.10 bits per heavy atom. The fraction of sp³-hybridized carbons (Fsp3) is 0.350. The first-order valence-electron chi connectivity index (χ1n) is 8.95. The van der Waals surface area contributed by atoms with Crippen LogP contribution in [0.2, 0.25) is 5.02 Å². The van der Waals surface area contributed by atoms with Crippen molar-refractivity contribution >= 4 is 33.2 Å². The first-order valence-corrected chi connectivity index (χ1v) is 11.2. The minimum absolute atomic E-state index is 0.263. The van der Waals surface area contributed by atoms with Crippen molar-refractivity contribution < 1.29 is 22.7 Å². The van der Waals surface area contributed by atoms with Gasteiger partial charge < -0.3 is 14.8 Å². The van der Waals surface area contributed by atoms with E-state index in [-0.39, 0.29) is 11.6 Å². The van der Waals surface area contributed by atoms with Gasteiger partial charge in [-0.25, -0.2) is 8.42 Å². The van der Waals surface area contributed by atoms with Gasteiger partial charge in [-0.15, -0.1) is 0 Å². The van der Waals surface area contributed by atoms with Crippen LogP contribution in [0.25, 0.3) is 0 Å². The molecular formula is C20H25ClN2O5S. The van der Waals surface area contributed by atoms with Crippen molar-refractivity contribution in [1.29, 1.82) is 0 Å². The molecule has 158 valence electrons. The summed E-state index contributed by atoms with van der Waals surface area (Å²) in [5.74, 6) is 0.825. The molecule has 0 spiro atoms. The van der Waals surface area contributed by atoms with Crippen LogP contribution in [0.5, 0.6) is 11.5 Å². The molecule has 0 aromatic heterocycles. The van der Waals surface area contributed by atoms with Crippen molar-refractivity contribution in [1.82, 2.24) is 5.32 Å². The largest absolute Gasteiger partial charge is 0.497 e. The second-order valence-electron chi connectivity index (χ2n) is 6.39. The fourth-order valence-corrected chi connectivity index (χ4v) is 3.81. The average Bonchev–Trinajstić information content (AvgIpc) is 2.69. The quantitative estimate of drug-likeness (QED) is 0.574. The van der Waals surface area contributed by atoms with Crippen molar-refractivity contribution in [3.05, 3.63) is 53.1 Å². The normalized spacial score (nSPS) is 11.0. The summed E-state index contributed by atoms with van der Waals surface area (Å²) in [5.41, 5.74) is 1.43. The summed E-state index contributed by atoms with van der Waals surface area (Å²) in [5, 5.41) is 3.02. The van der Waals surface area contributed by atoms with Gasteiger partial charge in [-0.3, -0.25) is 9.10 Å². The van der Waals surface area contributed by atoms with Gasteiger partial charge in [-0.05, 0) is 48.7 Å². The van der Waals surface area contributed by atoms with Crippen LogP contribution in [0.3, 0.4) is 0 Å². The number of carbonyl (C=O) groups excluding carboxylic acids is 1. The first kappa shape index (κ1) is 22.8. The van der Waals surface area contributed by atoms with E-state index in [9.17, 15) is 13.2 Å². The second-order valence-corrected chi connectivity index (χ2v) is 8.70. The molecule has 9 heteroatoms. The number of amides is 1. The molecule has 2 rings (SSSR count). The van der Waals surface area contributed by atoms with Gasteiger partial charge in [0, 0.05) is 6.54 Å². The molecule has 0 aliphatic rings. The van der Waals surface area contributed by atoms with Gasteiger partial charge in [0.1, 0.15) is 18.0 Å². The SMILES string of the molecule is COc1ccc(CCCNC(=O)CN(c2ccc(OC)c(Cl)c2)S(C)(=O)=O)cc1. The highest BCUT2D eigenvalue weighted by Gasteiger charge is 2.21. The lowest BCUT2D eigenvalue weighted by atomic mass is 10.1. The molecular weight excluding hydrogens is 416 g/mol. The smallest absolute Gasteiger partial charge is 0.240 e. The van der Waals surface area contributed by atoms with Gasteiger partial charge in [-0.1, -0.05) is 23.7 Å². The van der Waals surface area contributed by atoms with Crippen molar-refractivity contribution in [2.24, 2.45) is 0 Å². The number of nitrogens with zero attached hydrogens (tertiary/aromatic N) is 1. The van der Waals surface area contributed by atoms with E-state index >= 15 is 0 Å². The Kier molecular flexibility index (Phi) is 8.16. The van der Waals surface area contributed by atoms with Crippen LogP contribution in [-0.4, -0.2) is 47.9 Å². The summed E-state index contributed by atoms with van der Waals surface area (Å²) < 4.78 is 35.5. The van der Waals surface area contributed by atoms with Crippen LogP contribution < -0.4 is 19.1 Å². The highest BCUT2D eigenvalue weighted by molar-refractivity contribution is 7.92. The zero-order valence-electron chi connectivity index (χ0n) is 16.6. The number of methoxy groups -OCH3 is 2. The van der Waals surface area contributed by atoms with Gasteiger partial charge in [0.25, 0.3) is 0 Å². The highest BCUT2D eigenvalue weighted by atomic mass is 35.5. The lowest BCUT2D eigenvalue weighted by molar-refractivity contribution is -0.119. The Morgan fingerprint density at radius 3 is 2.34 bits per heavy atom. The molecule has 0 atom stereocenters. The fourth-order valence-electron chi connectivity index (χ4n) is 2.71. The Morgan fingerprint density at radius 2 is 1.79 bits per heavy atom. The van der Waals surface area contributed by atoms with E-state index in [1.807, 2.05) is 24.3 Å². The number of hydrogen-bond donors (Lipinski definition) is 1. The zero-order chi connectivity index (χ0) is 21.4. The Balaban J connectivity index is 1.92. The molecule has 0 heterocycles. The Hall–Kier alpha value is -2.45. The molecule has 29 heavy (non-hydrogen) atoms. The number of rotatable bonds is 10. The maximum Gasteiger partial charge on any atom is 0.240 e. The number of carbonyl (C=O) groups is 1. The topological polar surface area (TPSA) is 84.9 Å². The average molecular weight is 441 g/mol. The lowest BCUT2D eigenvalue weighted by Crippen LogP contribution is -2.40. The number of anilines is 1. The van der Waals surface area contributed by atoms with E-state index in [0.717, 1.165) is 34.7 Å². The van der Waals surface area contributed by atoms with Gasteiger partial charge >= 0.3 is 0 Å². The number of aryl methyl sites for hydroxylation is 1. The molecule has 0 radical (unpaired) electrons. The molecule has 7 nitrogen and oxygen atoms in total. The van der Waals surface area contributed by atoms with Crippen molar-refractivity contribution in [2.45, 2.75) is 12.8 Å². The molecule has 0 bridgehead atoms. The maximum absolute atomic E-state index is 12.3. The summed E-state index contributed by atoms with van der Waals surface area (Å²) in [6.07, 6.45) is 2.56. The van der Waals surface area contributed by atoms with Gasteiger partial charge in [-0.2, -0.15) is 0 Å². The van der Waals surface area contributed by atoms with Crippen LogP contribution in [0.4, 0.5) is 5.69 Å². The van der Waals surface area contributed by atoms with Crippen molar-refractivity contribution in [2.75, 3.05) is 37.9 Å². The third-order valence-electron chi connectivity index (χ3n) is 4.23. The van der Waals surface area contributed by atoms with Crippen LogP contribution in [0.1, 0.15) is 12.0 Å². The van der Waals surface area contributed by atoms with Crippen LogP contribution in [0, 0.1) is 0 Å². The summed E-state index contributed by atoms with van der Waals surface area (Å²) in [7, 11) is -0.586. The minimum atomic E-state index is -3.67. The highest BCUT2D eigenvalue weighted by Crippen LogP contribution is 2.30. The second kappa shape index (κ2) is 10.4. The number of halogens is 1. The molecule has 0 saturated carbocycles. The molecule has 0 fully saturated rings. The standard InChI is InChI=1S/C20H25ClN2O5S/c1-27-17-9-6-15(7-10-17)5-4-12-22-20(24)14-23(29(3,25)26)16-8-11-19(28-2)18(21)13-16/h6-11,13H,4-5,12,14H2,1-3H3,(H,22,24). The number of hydrogen-bond acceptors (Lipinski definition) is 5. The van der Waals surface area contributed by atoms with Gasteiger partial charge in [0.2, 0.25) is 15.9 Å². The summed E-state index contributed by atoms with van der Waals surface area (Å²) >= 11 is 6.08. The lowest BCUT2D eigenvalue weighted by Gasteiger charge is -2.22.